The summed E-state index contributed by atoms with van der Waals surface area (Å²) in [5, 5.41) is 9.88. The fraction of sp³-hybridized carbons (Fsp3) is 0.348. The number of likely N-dealkylation sites (N-methyl/N-ethyl adjacent to an activating group) is 2. The van der Waals surface area contributed by atoms with Gasteiger partial charge >= 0.3 is 0 Å². The first kappa shape index (κ1) is 20.9. The summed E-state index contributed by atoms with van der Waals surface area (Å²) in [5.41, 5.74) is 1.48. The SMILES string of the molecule is CCNC(=O)C[NH+](CC)CC(=O)N1N=C(c2cc3ccccc3o2)C[C@@H]1c1ccco1. The number of carbonyl (C=O) groups is 2. The van der Waals surface area contributed by atoms with Gasteiger partial charge in [0, 0.05) is 18.4 Å². The fourth-order valence-electron chi connectivity index (χ4n) is 3.81. The molecule has 162 valence electrons. The van der Waals surface area contributed by atoms with Gasteiger partial charge in [0.2, 0.25) is 0 Å². The van der Waals surface area contributed by atoms with E-state index in [2.05, 4.69) is 10.4 Å². The Morgan fingerprint density at radius 2 is 2.03 bits per heavy atom. The van der Waals surface area contributed by atoms with Gasteiger partial charge in [0.1, 0.15) is 23.1 Å². The van der Waals surface area contributed by atoms with E-state index in [0.29, 0.717) is 36.7 Å². The molecule has 1 aromatic carbocycles. The molecule has 2 aromatic heterocycles. The molecule has 1 aliphatic heterocycles. The molecule has 1 unspecified atom stereocenters. The molecule has 0 spiro atoms. The van der Waals surface area contributed by atoms with E-state index in [4.69, 9.17) is 8.83 Å². The van der Waals surface area contributed by atoms with Gasteiger partial charge in [-0.05, 0) is 38.1 Å². The van der Waals surface area contributed by atoms with Crippen molar-refractivity contribution < 1.29 is 23.3 Å². The van der Waals surface area contributed by atoms with E-state index in [9.17, 15) is 9.59 Å². The lowest BCUT2D eigenvalue weighted by molar-refractivity contribution is -0.882. The van der Waals surface area contributed by atoms with Crippen LogP contribution in [0.15, 0.2) is 62.7 Å². The number of hydrogen-bond acceptors (Lipinski definition) is 5. The van der Waals surface area contributed by atoms with E-state index >= 15 is 0 Å². The van der Waals surface area contributed by atoms with Crippen LogP contribution in [-0.2, 0) is 9.59 Å². The molecule has 2 amide bonds. The molecule has 8 heteroatoms. The molecule has 0 aliphatic carbocycles. The Balaban J connectivity index is 1.57. The zero-order chi connectivity index (χ0) is 21.8. The van der Waals surface area contributed by atoms with Crippen LogP contribution in [-0.4, -0.2) is 48.7 Å². The van der Waals surface area contributed by atoms with Crippen molar-refractivity contribution in [1.82, 2.24) is 10.3 Å². The first-order valence-electron chi connectivity index (χ1n) is 10.6. The quantitative estimate of drug-likeness (QED) is 0.577. The Hall–Kier alpha value is -3.39. The maximum Gasteiger partial charge on any atom is 0.298 e. The Bertz CT molecular complexity index is 1050. The van der Waals surface area contributed by atoms with E-state index in [1.54, 1.807) is 12.3 Å². The predicted molar refractivity (Wildman–Crippen MR) is 116 cm³/mol. The van der Waals surface area contributed by atoms with Gasteiger partial charge in [-0.2, -0.15) is 5.10 Å². The summed E-state index contributed by atoms with van der Waals surface area (Å²) in [5.74, 6) is 1.09. The minimum atomic E-state index is -0.340. The second-order valence-electron chi connectivity index (χ2n) is 7.58. The van der Waals surface area contributed by atoms with Gasteiger partial charge < -0.3 is 19.1 Å². The maximum atomic E-state index is 13.2. The molecule has 31 heavy (non-hydrogen) atoms. The van der Waals surface area contributed by atoms with E-state index in [0.717, 1.165) is 15.9 Å². The summed E-state index contributed by atoms with van der Waals surface area (Å²) in [6.07, 6.45) is 2.09. The van der Waals surface area contributed by atoms with Crippen LogP contribution in [0.3, 0.4) is 0 Å². The van der Waals surface area contributed by atoms with Crippen molar-refractivity contribution in [1.29, 1.82) is 0 Å². The summed E-state index contributed by atoms with van der Waals surface area (Å²) in [4.78, 5) is 26.1. The highest BCUT2D eigenvalue weighted by molar-refractivity contribution is 6.03. The van der Waals surface area contributed by atoms with Crippen LogP contribution in [0.4, 0.5) is 0 Å². The van der Waals surface area contributed by atoms with Crippen molar-refractivity contribution in [3.8, 4) is 0 Å². The summed E-state index contributed by atoms with van der Waals surface area (Å²) < 4.78 is 11.6. The van der Waals surface area contributed by atoms with Gasteiger partial charge in [0.15, 0.2) is 18.8 Å². The standard InChI is InChI=1S/C23H26N4O4/c1-3-24-22(28)14-26(4-2)15-23(29)27-18(20-10-7-11-30-20)13-17(25-27)21-12-16-8-5-6-9-19(16)31-21/h5-12,18H,3-4,13-15H2,1-2H3,(H,24,28)/p+1/t18-/m1/s1. The van der Waals surface area contributed by atoms with Crippen LogP contribution < -0.4 is 10.2 Å². The predicted octanol–water partition coefficient (Wildman–Crippen LogP) is 1.74. The Morgan fingerprint density at radius 3 is 2.74 bits per heavy atom. The monoisotopic (exact) mass is 423 g/mol. The van der Waals surface area contributed by atoms with Crippen LogP contribution in [0.5, 0.6) is 0 Å². The molecule has 8 nitrogen and oxygen atoms in total. The third-order valence-corrected chi connectivity index (χ3v) is 5.43. The van der Waals surface area contributed by atoms with Crippen LogP contribution in [0.1, 0.15) is 37.8 Å². The lowest BCUT2D eigenvalue weighted by Crippen LogP contribution is -3.14. The van der Waals surface area contributed by atoms with Gasteiger partial charge in [-0.15, -0.1) is 0 Å². The average molecular weight is 423 g/mol. The number of nitrogens with one attached hydrogen (secondary N) is 2. The number of hydrazone groups is 1. The maximum absolute atomic E-state index is 13.2. The number of nitrogens with zero attached hydrogens (tertiary/aromatic N) is 2. The van der Waals surface area contributed by atoms with Crippen LogP contribution >= 0.6 is 0 Å². The molecule has 3 heterocycles. The van der Waals surface area contributed by atoms with Crippen molar-refractivity contribution >= 4 is 28.5 Å². The van der Waals surface area contributed by atoms with Crippen molar-refractivity contribution in [2.45, 2.75) is 26.3 Å². The number of benzene rings is 1. The zero-order valence-corrected chi connectivity index (χ0v) is 17.8. The fourth-order valence-corrected chi connectivity index (χ4v) is 3.81. The number of hydrogen-bond donors (Lipinski definition) is 2. The molecule has 1 aliphatic rings. The third kappa shape index (κ3) is 4.54. The third-order valence-electron chi connectivity index (χ3n) is 5.43. The van der Waals surface area contributed by atoms with Gasteiger partial charge in [0.25, 0.3) is 11.8 Å². The minimum absolute atomic E-state index is 0.0670. The van der Waals surface area contributed by atoms with Crippen LogP contribution in [0.2, 0.25) is 0 Å². The van der Waals surface area contributed by atoms with Crippen molar-refractivity contribution in [2.75, 3.05) is 26.2 Å². The first-order valence-corrected chi connectivity index (χ1v) is 10.6. The zero-order valence-electron chi connectivity index (χ0n) is 17.8. The molecule has 3 aromatic rings. The van der Waals surface area contributed by atoms with Gasteiger partial charge in [-0.25, -0.2) is 5.01 Å². The molecule has 0 saturated carbocycles. The first-order chi connectivity index (χ1) is 15.1. The number of para-hydroxylation sites is 1. The molecule has 0 fully saturated rings. The average Bonchev–Trinajstić information content (AvgIpc) is 3.51. The highest BCUT2D eigenvalue weighted by atomic mass is 16.3. The van der Waals surface area contributed by atoms with Gasteiger partial charge in [-0.3, -0.25) is 9.59 Å². The number of carbonyl (C=O) groups excluding carboxylic acids is 2. The normalized spacial score (nSPS) is 17.0. The van der Waals surface area contributed by atoms with E-state index in [-0.39, 0.29) is 30.9 Å². The minimum Gasteiger partial charge on any atom is -0.467 e. The summed E-state index contributed by atoms with van der Waals surface area (Å²) in [6.45, 7) is 5.47. The second kappa shape index (κ2) is 9.18. The molecule has 0 bridgehead atoms. The highest BCUT2D eigenvalue weighted by Gasteiger charge is 2.37. The lowest BCUT2D eigenvalue weighted by atomic mass is 10.1. The van der Waals surface area contributed by atoms with Crippen molar-refractivity contribution in [2.24, 2.45) is 5.10 Å². The smallest absolute Gasteiger partial charge is 0.298 e. The lowest BCUT2D eigenvalue weighted by Gasteiger charge is -2.22. The molecule has 0 saturated heterocycles. The molecule has 4 rings (SSSR count). The Kier molecular flexibility index (Phi) is 6.18. The Labute approximate surface area is 180 Å². The highest BCUT2D eigenvalue weighted by Crippen LogP contribution is 2.34. The Morgan fingerprint density at radius 1 is 1.19 bits per heavy atom. The molecule has 2 atom stereocenters. The number of amides is 2. The summed E-state index contributed by atoms with van der Waals surface area (Å²) >= 11 is 0. The van der Waals surface area contributed by atoms with Gasteiger partial charge in [-0.1, -0.05) is 18.2 Å². The van der Waals surface area contributed by atoms with Crippen molar-refractivity contribution in [3.63, 3.8) is 0 Å². The van der Waals surface area contributed by atoms with Crippen LogP contribution in [0.25, 0.3) is 11.0 Å². The number of furan rings is 2. The molecular weight excluding hydrogens is 396 g/mol. The number of rotatable bonds is 8. The molecular formula is C23H27N4O4+. The van der Waals surface area contributed by atoms with E-state index in [1.165, 1.54) is 5.01 Å². The second-order valence-corrected chi connectivity index (χ2v) is 7.58. The summed E-state index contributed by atoms with van der Waals surface area (Å²) in [7, 11) is 0. The van der Waals surface area contributed by atoms with E-state index < -0.39 is 0 Å². The van der Waals surface area contributed by atoms with Crippen molar-refractivity contribution in [3.05, 3.63) is 60.2 Å². The number of fused-ring (bicyclic) bond motifs is 1. The largest absolute Gasteiger partial charge is 0.467 e. The molecule has 2 N–H and O–H groups in total. The summed E-state index contributed by atoms with van der Waals surface area (Å²) in [6, 6.07) is 13.0. The molecule has 0 radical (unpaired) electrons. The van der Waals surface area contributed by atoms with Crippen LogP contribution in [0, 0.1) is 0 Å². The number of quaternary nitrogens is 1. The van der Waals surface area contributed by atoms with Gasteiger partial charge in [0.05, 0.1) is 12.8 Å². The van der Waals surface area contributed by atoms with E-state index in [1.807, 2.05) is 50.2 Å². The topological polar surface area (TPSA) is 92.5 Å².